The third kappa shape index (κ3) is 22.2. The van der Waals surface area contributed by atoms with Crippen LogP contribution in [0.3, 0.4) is 0 Å². The van der Waals surface area contributed by atoms with E-state index < -0.39 is 35.9 Å². The number of nitrogens with zero attached hydrogens (tertiary/aromatic N) is 3. The first-order valence-electron chi connectivity index (χ1n) is 30.5. The zero-order chi connectivity index (χ0) is 73.7. The zero-order valence-corrected chi connectivity index (χ0v) is 64.6. The number of urea groups is 4. The maximum Gasteiger partial charge on any atom is 1.00 e. The molecule has 5 aliphatic rings. The summed E-state index contributed by atoms with van der Waals surface area (Å²) >= 11 is 33.7. The first-order valence-corrected chi connectivity index (χ1v) is 36.3. The van der Waals surface area contributed by atoms with Crippen molar-refractivity contribution in [2.45, 2.75) is 37.4 Å². The number of carbonyl (C=O) groups excluding carboxylic acids is 8. The molecule has 19 N–H and O–H groups in total. The van der Waals surface area contributed by atoms with E-state index in [1.165, 1.54) is 0 Å². The number of fused-ring (bicyclic) bond motifs is 5. The van der Waals surface area contributed by atoms with Gasteiger partial charge in [-0.05, 0) is 59.2 Å². The number of H-pyrrole nitrogens is 6. The van der Waals surface area contributed by atoms with E-state index in [0.717, 1.165) is 98.1 Å². The number of halogens is 8. The number of aromatic nitrogens is 6. The van der Waals surface area contributed by atoms with E-state index in [4.69, 9.17) is 95.5 Å². The zero-order valence-electron chi connectivity index (χ0n) is 55.6. The summed E-state index contributed by atoms with van der Waals surface area (Å²) in [6, 6.07) is 26.9. The van der Waals surface area contributed by atoms with Crippen molar-refractivity contribution in [3.8, 4) is 5.88 Å². The third-order valence-corrected chi connectivity index (χ3v) is 17.3. The summed E-state index contributed by atoms with van der Waals surface area (Å²) in [5.74, 6) is -1.22. The van der Waals surface area contributed by atoms with E-state index in [1.807, 2.05) is 103 Å². The topological polar surface area (TPSA) is 438 Å². The molecule has 4 fully saturated rings. The molecule has 544 valence electrons. The summed E-state index contributed by atoms with van der Waals surface area (Å²) in [4.78, 5) is 125. The number of benzene rings is 5. The molecule has 5 aromatic heterocycles. The molecule has 5 aliphatic heterocycles. The molecule has 3 atom stereocenters. The molecule has 28 nitrogen and oxygen atoms in total. The molecule has 10 heterocycles. The summed E-state index contributed by atoms with van der Waals surface area (Å²) in [5.41, 5.74) is 24.4. The predicted octanol–water partition coefficient (Wildman–Crippen LogP) is 6.48. The van der Waals surface area contributed by atoms with Crippen molar-refractivity contribution in [3.05, 3.63) is 185 Å². The second-order valence-corrected chi connectivity index (χ2v) is 26.4. The summed E-state index contributed by atoms with van der Waals surface area (Å²) in [5, 5.41) is 32.2. The van der Waals surface area contributed by atoms with Crippen LogP contribution in [-0.2, 0) is 51.3 Å². The van der Waals surface area contributed by atoms with Crippen molar-refractivity contribution < 1.29 is 87.3 Å². The second kappa shape index (κ2) is 41.2. The molecule has 0 saturated carbocycles. The molecule has 3 unspecified atom stereocenters. The van der Waals surface area contributed by atoms with Gasteiger partial charge in [-0.25, -0.2) is 24.0 Å². The molecule has 15 rings (SSSR count). The molecule has 104 heavy (non-hydrogen) atoms. The Morgan fingerprint density at radius 2 is 1.03 bits per heavy atom. The second-order valence-electron chi connectivity index (χ2n) is 21.9. The smallest absolute Gasteiger partial charge is 1.00 e. The molecular formula is C65H65BBrCl7CoN18NaO10. The summed E-state index contributed by atoms with van der Waals surface area (Å²) in [7, 11) is 9.47. The minimum Gasteiger partial charge on any atom is -1.00 e. The number of imidazole rings is 1. The molecule has 0 aliphatic carbocycles. The van der Waals surface area contributed by atoms with Crippen LogP contribution in [0.4, 0.5) is 24.9 Å². The number of alkyl halides is 1. The molecule has 0 bridgehead atoms. The maximum atomic E-state index is 12.2. The van der Waals surface area contributed by atoms with Gasteiger partial charge in [-0.15, -0.1) is 0 Å². The van der Waals surface area contributed by atoms with E-state index in [-0.39, 0.29) is 114 Å². The fourth-order valence-corrected chi connectivity index (χ4v) is 11.8. The van der Waals surface area contributed by atoms with Gasteiger partial charge < -0.3 is 69.9 Å². The van der Waals surface area contributed by atoms with Crippen molar-refractivity contribution in [1.29, 1.82) is 0 Å². The van der Waals surface area contributed by atoms with E-state index in [1.54, 1.807) is 36.6 Å². The number of nitrogens with one attached hydrogen (secondary N) is 12. The van der Waals surface area contributed by atoms with Crippen LogP contribution in [0, 0.1) is 0 Å². The van der Waals surface area contributed by atoms with Crippen LogP contribution in [0.5, 0.6) is 5.88 Å². The van der Waals surface area contributed by atoms with Crippen molar-refractivity contribution in [2.24, 2.45) is 22.2 Å². The summed E-state index contributed by atoms with van der Waals surface area (Å²) in [6.45, 7) is 1.85. The summed E-state index contributed by atoms with van der Waals surface area (Å²) < 4.78 is 0. The van der Waals surface area contributed by atoms with Gasteiger partial charge in [0.2, 0.25) is 11.8 Å². The number of aromatic amines is 6. The Morgan fingerprint density at radius 1 is 0.577 bits per heavy atom. The van der Waals surface area contributed by atoms with Gasteiger partial charge in [-0.3, -0.25) is 49.6 Å². The number of aliphatic imine (C=N–C) groups is 1. The Labute approximate surface area is 666 Å². The Balaban J connectivity index is 0.000000226. The van der Waals surface area contributed by atoms with Crippen molar-refractivity contribution >= 4 is 218 Å². The number of para-hydroxylation sites is 5. The number of imide groups is 4. The van der Waals surface area contributed by atoms with Gasteiger partial charge in [0.15, 0.2) is 0 Å². The van der Waals surface area contributed by atoms with Gasteiger partial charge in [-0.2, -0.15) is 0 Å². The van der Waals surface area contributed by atoms with Crippen molar-refractivity contribution in [1.82, 2.24) is 71.6 Å². The van der Waals surface area contributed by atoms with Gasteiger partial charge in [0.25, 0.3) is 17.7 Å². The molecule has 12 amide bonds. The van der Waals surface area contributed by atoms with Gasteiger partial charge in [-0.1, -0.05) is 135 Å². The number of amides is 12. The maximum absolute atomic E-state index is 12.2. The molecule has 5 aromatic carbocycles. The normalized spacial score (nSPS) is 16.2. The Hall–Kier alpha value is -7.80. The van der Waals surface area contributed by atoms with Crippen LogP contribution in [0.2, 0.25) is 25.1 Å². The van der Waals surface area contributed by atoms with E-state index in [0.29, 0.717) is 63.6 Å². The first-order chi connectivity index (χ1) is 49.0. The van der Waals surface area contributed by atoms with Crippen LogP contribution in [0.25, 0.3) is 55.3 Å². The fraction of sp³-hybridized carbons (Fsp3) is 0.200. The van der Waals surface area contributed by atoms with E-state index >= 15 is 0 Å². The average Bonchev–Trinajstić information content (AvgIpc) is 1.81. The van der Waals surface area contributed by atoms with Crippen molar-refractivity contribution in [2.75, 3.05) is 44.6 Å². The van der Waals surface area contributed by atoms with Crippen LogP contribution < -0.4 is 84.3 Å². The Morgan fingerprint density at radius 3 is 1.42 bits per heavy atom. The number of aromatic hydroxyl groups is 1. The molecule has 3 radical (unpaired) electrons. The number of rotatable bonds is 12. The quantitative estimate of drug-likeness (QED) is 0.0354. The minimum atomic E-state index is -0.554. The third-order valence-electron chi connectivity index (χ3n) is 15.3. The van der Waals surface area contributed by atoms with Crippen LogP contribution in [0.15, 0.2) is 132 Å². The minimum absolute atomic E-state index is 0. The van der Waals surface area contributed by atoms with Gasteiger partial charge in [0, 0.05) is 129 Å². The summed E-state index contributed by atoms with van der Waals surface area (Å²) in [6.07, 6.45) is 11.9. The fourth-order valence-electron chi connectivity index (χ4n) is 10.7. The number of hydrogen-bond acceptors (Lipinski definition) is 14. The molecule has 4 saturated heterocycles. The van der Waals surface area contributed by atoms with E-state index in [2.05, 4.69) is 77.4 Å². The van der Waals surface area contributed by atoms with Crippen LogP contribution in [0.1, 0.15) is 29.4 Å². The van der Waals surface area contributed by atoms with Gasteiger partial charge in [0.1, 0.15) is 23.8 Å². The molecule has 39 heteroatoms. The Kier molecular flexibility index (Phi) is 33.7. The van der Waals surface area contributed by atoms with Gasteiger partial charge in [0.05, 0.1) is 59.4 Å². The number of nitrogens with two attached hydrogens (primary N) is 3. The van der Waals surface area contributed by atoms with E-state index in [9.17, 15) is 48.3 Å². The first kappa shape index (κ1) is 85.1. The SMILES string of the molecule is Clc1cccc2cc[nH]c12.NCCBr.NCCN1C(=O)NC(Cc2c[nH]c3c(Cl)cccc23)C1=O.NCCN1C(=O)NC(Cc2c[nH]c3c(Cl)cccc23)C1=O.O=C1CNC(=O)N1.O=C1NC(=O)C(Cc2c[nH]c3c(Cl)cccc23)N1.O=c1[nH]c(O)c(C=C2C=Nc3c(Cl)cccc32)[nH]1.[B].[Cl][Co][Cl].[H-].[Na+]. The molecule has 10 aromatic rings. The average molecular weight is 1680 g/mol. The predicted molar refractivity (Wildman–Crippen MR) is 404 cm³/mol. The van der Waals surface area contributed by atoms with Gasteiger partial charge >= 0.3 is 92.6 Å². The van der Waals surface area contributed by atoms with Crippen LogP contribution in [-0.4, -0.2) is 170 Å². The van der Waals surface area contributed by atoms with Crippen LogP contribution >= 0.6 is 94.2 Å². The standard InChI is InChI=1S/2C14H15ClN4O2.C12H10ClN3O2.C12H8ClN3O2.C8H6ClN.C3H4N2O2.C2H6BrN.B.2ClH.Co.Na.H/c2*15-10-3-1-2-9-8(7-17-12(9)10)6-11-13(20)19(5-4-16)14(21)18-11;2*13-8-3-1-2-7-6(5-14-10(7)8)4-9-11(17)16-12(18)15-9;9-7-3-1-2-6-4-5-10-8(6)7;6-2-1-4-3(7)5-2;3-1-2-4;;;;;;/h2*1-3,7,11,17H,4-6,16H2,(H,18,21);1-3,5,9,14H,4H2,(H2,15,16,17,18);1-5,17H,(H2,15,16,18);1-5,10H;1H2,(H2,4,5,6,7);1-2,4H2;;2*1H;;;/q;;;;;;;;;;+2;+1;-1/p-2. The largest absolute Gasteiger partial charge is 1.00 e. The molecular weight excluding hydrogens is 1610 g/mol. The number of carbonyl (C=O) groups is 8. The van der Waals surface area contributed by atoms with Crippen molar-refractivity contribution in [3.63, 3.8) is 0 Å². The monoisotopic (exact) mass is 1670 g/mol. The Bertz CT molecular complexity index is 4710. The number of allylic oxidation sites excluding steroid dienone is 1. The number of hydrogen-bond donors (Lipinski definition) is 16. The molecule has 0 spiro atoms.